The van der Waals surface area contributed by atoms with Gasteiger partial charge < -0.3 is 25.8 Å². The Morgan fingerprint density at radius 1 is 1.26 bits per heavy atom. The maximum absolute atomic E-state index is 14.0. The van der Waals surface area contributed by atoms with E-state index in [2.05, 4.69) is 15.3 Å². The molecule has 186 valence electrons. The Morgan fingerprint density at radius 3 is 2.60 bits per heavy atom. The number of aryl methyl sites for hydroxylation is 2. The average molecular weight is 504 g/mol. The van der Waals surface area contributed by atoms with Crippen LogP contribution in [0.15, 0.2) is 23.9 Å². The summed E-state index contributed by atoms with van der Waals surface area (Å²) in [6, 6.07) is 3.71. The Morgan fingerprint density at radius 2 is 1.94 bits per heavy atom. The van der Waals surface area contributed by atoms with Crippen molar-refractivity contribution in [3.05, 3.63) is 57.5 Å². The quantitative estimate of drug-likeness (QED) is 0.527. The second-order valence-electron chi connectivity index (χ2n) is 8.79. The van der Waals surface area contributed by atoms with E-state index in [-0.39, 0.29) is 61.4 Å². The van der Waals surface area contributed by atoms with Crippen molar-refractivity contribution in [2.45, 2.75) is 45.3 Å². The van der Waals surface area contributed by atoms with Crippen LogP contribution in [0, 0.1) is 19.7 Å². The summed E-state index contributed by atoms with van der Waals surface area (Å²) < 4.78 is 19.9. The minimum atomic E-state index is -0.524. The van der Waals surface area contributed by atoms with E-state index < -0.39 is 5.82 Å². The molecule has 2 amide bonds. The molecule has 2 aliphatic rings. The first-order valence-electron chi connectivity index (χ1n) is 11.3. The summed E-state index contributed by atoms with van der Waals surface area (Å²) in [6.07, 6.45) is 0.820. The number of amides is 2. The highest BCUT2D eigenvalue weighted by Crippen LogP contribution is 2.32. The first kappa shape index (κ1) is 24.9. The van der Waals surface area contributed by atoms with Crippen molar-refractivity contribution in [1.29, 1.82) is 0 Å². The first-order valence-corrected chi connectivity index (χ1v) is 11.7. The Bertz CT molecular complexity index is 1180. The number of rotatable bonds is 7. The molecule has 2 aromatic rings. The minimum Gasteiger partial charge on any atom is -0.489 e. The molecule has 2 heterocycles. The van der Waals surface area contributed by atoms with E-state index in [1.165, 1.54) is 23.1 Å². The standard InChI is InChI=1S/C24H27ClFN5O4/c1-12-22(25)13(2)29-23(28-12)18-10-31(11-19(18)27)24(34)17-4-3-14(26)7-20(17)35-16-8-15(9-16)30-21(33)5-6-32/h3-4,7,15-16,32H,5-6,8-11,27H2,1-2H3,(H,30,33). The summed E-state index contributed by atoms with van der Waals surface area (Å²) in [5.74, 6) is -0.544. The lowest BCUT2D eigenvalue weighted by molar-refractivity contribution is -0.123. The van der Waals surface area contributed by atoms with Gasteiger partial charge in [0.2, 0.25) is 5.91 Å². The molecule has 0 atom stereocenters. The zero-order valence-electron chi connectivity index (χ0n) is 19.5. The van der Waals surface area contributed by atoms with Gasteiger partial charge in [0.25, 0.3) is 5.91 Å². The van der Waals surface area contributed by atoms with Gasteiger partial charge in [0, 0.05) is 42.6 Å². The Hall–Kier alpha value is -3.24. The molecule has 35 heavy (non-hydrogen) atoms. The minimum absolute atomic E-state index is 0.0414. The summed E-state index contributed by atoms with van der Waals surface area (Å²) in [6.45, 7) is 3.72. The average Bonchev–Trinajstić information content (AvgIpc) is 3.17. The van der Waals surface area contributed by atoms with Crippen molar-refractivity contribution in [3.63, 3.8) is 0 Å². The number of aliphatic hydroxyl groups is 1. The van der Waals surface area contributed by atoms with E-state index in [0.717, 1.165) is 0 Å². The predicted octanol–water partition coefficient (Wildman–Crippen LogP) is 2.12. The molecule has 11 heteroatoms. The van der Waals surface area contributed by atoms with E-state index in [1.54, 1.807) is 13.8 Å². The van der Waals surface area contributed by atoms with E-state index in [9.17, 15) is 14.0 Å². The third-order valence-electron chi connectivity index (χ3n) is 6.10. The van der Waals surface area contributed by atoms with Crippen LogP contribution in [0.5, 0.6) is 5.75 Å². The summed E-state index contributed by atoms with van der Waals surface area (Å²) in [5.41, 5.74) is 8.83. The second-order valence-corrected chi connectivity index (χ2v) is 9.16. The number of ether oxygens (including phenoxy) is 1. The van der Waals surface area contributed by atoms with Gasteiger partial charge in [-0.3, -0.25) is 9.59 Å². The van der Waals surface area contributed by atoms with Gasteiger partial charge in [-0.25, -0.2) is 14.4 Å². The normalized spacial score (nSPS) is 19.5. The highest BCUT2D eigenvalue weighted by Gasteiger charge is 2.34. The second kappa shape index (κ2) is 10.2. The molecule has 0 radical (unpaired) electrons. The van der Waals surface area contributed by atoms with Crippen molar-refractivity contribution < 1.29 is 23.8 Å². The van der Waals surface area contributed by atoms with E-state index in [4.69, 9.17) is 27.2 Å². The fourth-order valence-corrected chi connectivity index (χ4v) is 4.23. The van der Waals surface area contributed by atoms with Crippen LogP contribution in [-0.2, 0) is 4.79 Å². The molecule has 0 bridgehead atoms. The summed E-state index contributed by atoms with van der Waals surface area (Å²) in [4.78, 5) is 35.3. The molecule has 1 saturated carbocycles. The van der Waals surface area contributed by atoms with Crippen molar-refractivity contribution in [3.8, 4) is 5.75 Å². The third-order valence-corrected chi connectivity index (χ3v) is 6.65. The van der Waals surface area contributed by atoms with Gasteiger partial charge in [0.1, 0.15) is 17.7 Å². The van der Waals surface area contributed by atoms with Crippen molar-refractivity contribution in [2.24, 2.45) is 5.73 Å². The topological polar surface area (TPSA) is 131 Å². The fraction of sp³-hybridized carbons (Fsp3) is 0.417. The molecule has 4 rings (SSSR count). The zero-order valence-corrected chi connectivity index (χ0v) is 20.2. The molecule has 1 aliphatic carbocycles. The van der Waals surface area contributed by atoms with Gasteiger partial charge in [-0.15, -0.1) is 0 Å². The van der Waals surface area contributed by atoms with Crippen LogP contribution < -0.4 is 15.8 Å². The number of carbonyl (C=O) groups excluding carboxylic acids is 2. The number of hydrogen-bond donors (Lipinski definition) is 3. The Kier molecular flexibility index (Phi) is 7.23. The lowest BCUT2D eigenvalue weighted by Crippen LogP contribution is -2.49. The molecular weight excluding hydrogens is 477 g/mol. The summed E-state index contributed by atoms with van der Waals surface area (Å²) >= 11 is 6.18. The van der Waals surface area contributed by atoms with Crippen LogP contribution in [0.4, 0.5) is 4.39 Å². The molecule has 1 fully saturated rings. The zero-order chi connectivity index (χ0) is 25.3. The number of aliphatic hydroxyl groups excluding tert-OH is 1. The predicted molar refractivity (Wildman–Crippen MR) is 127 cm³/mol. The van der Waals surface area contributed by atoms with E-state index >= 15 is 0 Å². The van der Waals surface area contributed by atoms with Gasteiger partial charge in [0.05, 0.1) is 41.7 Å². The first-order chi connectivity index (χ1) is 16.7. The van der Waals surface area contributed by atoms with Gasteiger partial charge in [-0.2, -0.15) is 0 Å². The van der Waals surface area contributed by atoms with Crippen LogP contribution in [0.25, 0.3) is 5.57 Å². The van der Waals surface area contributed by atoms with Crippen molar-refractivity contribution in [2.75, 3.05) is 19.7 Å². The molecule has 1 aliphatic heterocycles. The smallest absolute Gasteiger partial charge is 0.258 e. The summed E-state index contributed by atoms with van der Waals surface area (Å²) in [7, 11) is 0. The lowest BCUT2D eigenvalue weighted by atomic mass is 9.89. The molecule has 1 aromatic carbocycles. The number of nitrogens with zero attached hydrogens (tertiary/aromatic N) is 3. The Labute approximate surface area is 207 Å². The number of halogens is 2. The van der Waals surface area contributed by atoms with E-state index in [1.807, 2.05) is 0 Å². The molecule has 4 N–H and O–H groups in total. The number of aromatic nitrogens is 2. The van der Waals surface area contributed by atoms with E-state index in [0.29, 0.717) is 46.3 Å². The van der Waals surface area contributed by atoms with Gasteiger partial charge in [-0.1, -0.05) is 11.6 Å². The SMILES string of the molecule is Cc1nc(C2=C(N)CN(C(=O)c3ccc(F)cc3OC3CC(NC(=O)CCO)C3)C2)nc(C)c1Cl. The third kappa shape index (κ3) is 5.38. The number of carbonyl (C=O) groups is 2. The number of nitrogens with two attached hydrogens (primary N) is 1. The molecule has 0 spiro atoms. The molecular formula is C24H27ClFN5O4. The summed E-state index contributed by atoms with van der Waals surface area (Å²) in [5, 5.41) is 12.1. The molecule has 0 saturated heterocycles. The Balaban J connectivity index is 1.45. The number of benzene rings is 1. The largest absolute Gasteiger partial charge is 0.489 e. The van der Waals surface area contributed by atoms with Crippen molar-refractivity contribution in [1.82, 2.24) is 20.2 Å². The van der Waals surface area contributed by atoms with Crippen LogP contribution >= 0.6 is 11.6 Å². The molecule has 0 unspecified atom stereocenters. The van der Waals surface area contributed by atoms with Crippen molar-refractivity contribution >= 4 is 29.0 Å². The number of hydrogen-bond acceptors (Lipinski definition) is 7. The van der Waals surface area contributed by atoms with Gasteiger partial charge >= 0.3 is 0 Å². The van der Waals surface area contributed by atoms with Crippen LogP contribution in [0.1, 0.15) is 46.8 Å². The lowest BCUT2D eigenvalue weighted by Gasteiger charge is -2.36. The number of nitrogens with one attached hydrogen (secondary N) is 1. The van der Waals surface area contributed by atoms with Crippen LogP contribution in [0.2, 0.25) is 5.02 Å². The van der Waals surface area contributed by atoms with Gasteiger partial charge in [0.15, 0.2) is 5.82 Å². The van der Waals surface area contributed by atoms with Gasteiger partial charge in [-0.05, 0) is 26.0 Å². The highest BCUT2D eigenvalue weighted by atomic mass is 35.5. The monoisotopic (exact) mass is 503 g/mol. The fourth-order valence-electron chi connectivity index (χ4n) is 4.15. The van der Waals surface area contributed by atoms with Crippen LogP contribution in [-0.4, -0.2) is 63.6 Å². The molecule has 9 nitrogen and oxygen atoms in total. The maximum atomic E-state index is 14.0. The van der Waals surface area contributed by atoms with Crippen LogP contribution in [0.3, 0.4) is 0 Å². The maximum Gasteiger partial charge on any atom is 0.258 e. The highest BCUT2D eigenvalue weighted by molar-refractivity contribution is 6.31. The molecule has 1 aromatic heterocycles.